The quantitative estimate of drug-likeness (QED) is 0.884. The third-order valence-electron chi connectivity index (χ3n) is 3.83. The fourth-order valence-corrected chi connectivity index (χ4v) is 2.86. The lowest BCUT2D eigenvalue weighted by atomic mass is 9.96. The molecule has 2 fully saturated rings. The van der Waals surface area contributed by atoms with Crippen LogP contribution in [0.3, 0.4) is 0 Å². The summed E-state index contributed by atoms with van der Waals surface area (Å²) in [5, 5.41) is 13.1. The van der Waals surface area contributed by atoms with Gasteiger partial charge in [-0.25, -0.2) is 0 Å². The number of carboxylic acids is 1. The molecule has 18 heavy (non-hydrogen) atoms. The molecule has 1 aromatic heterocycles. The van der Waals surface area contributed by atoms with E-state index in [9.17, 15) is 4.79 Å². The van der Waals surface area contributed by atoms with Crippen LogP contribution in [0.2, 0.25) is 0 Å². The van der Waals surface area contributed by atoms with Crippen molar-refractivity contribution in [2.75, 3.05) is 6.61 Å². The van der Waals surface area contributed by atoms with Crippen LogP contribution in [0.1, 0.15) is 55.8 Å². The zero-order chi connectivity index (χ0) is 12.5. The van der Waals surface area contributed by atoms with E-state index in [-0.39, 0.29) is 17.9 Å². The SMILES string of the molecule is O=C(O)C1CCCC1c1nc(C2CCCO2)no1. The summed E-state index contributed by atoms with van der Waals surface area (Å²) in [5.41, 5.74) is 0. The number of aliphatic carboxylic acids is 1. The van der Waals surface area contributed by atoms with Crippen LogP contribution < -0.4 is 0 Å². The van der Waals surface area contributed by atoms with Crippen molar-refractivity contribution in [1.29, 1.82) is 0 Å². The van der Waals surface area contributed by atoms with E-state index in [4.69, 9.17) is 14.4 Å². The van der Waals surface area contributed by atoms with Crippen molar-refractivity contribution >= 4 is 5.97 Å². The van der Waals surface area contributed by atoms with Gasteiger partial charge in [-0.15, -0.1) is 0 Å². The van der Waals surface area contributed by atoms with Gasteiger partial charge in [-0.1, -0.05) is 11.6 Å². The minimum atomic E-state index is -0.769. The molecule has 1 aliphatic heterocycles. The fraction of sp³-hybridized carbons (Fsp3) is 0.750. The van der Waals surface area contributed by atoms with Gasteiger partial charge in [0.1, 0.15) is 6.10 Å². The first-order chi connectivity index (χ1) is 8.75. The van der Waals surface area contributed by atoms with Gasteiger partial charge in [0.2, 0.25) is 11.7 Å². The average Bonchev–Trinajstić information content (AvgIpc) is 3.10. The van der Waals surface area contributed by atoms with Crippen molar-refractivity contribution in [2.45, 2.75) is 44.1 Å². The molecular formula is C12H16N2O4. The Morgan fingerprint density at radius 1 is 1.28 bits per heavy atom. The highest BCUT2D eigenvalue weighted by atomic mass is 16.5. The van der Waals surface area contributed by atoms with Crippen LogP contribution in [-0.2, 0) is 9.53 Å². The lowest BCUT2D eigenvalue weighted by molar-refractivity contribution is -0.142. The maximum Gasteiger partial charge on any atom is 0.307 e. The van der Waals surface area contributed by atoms with Crippen molar-refractivity contribution < 1.29 is 19.2 Å². The second-order valence-corrected chi connectivity index (χ2v) is 4.97. The first-order valence-electron chi connectivity index (χ1n) is 6.43. The molecule has 2 heterocycles. The molecule has 3 rings (SSSR count). The molecular weight excluding hydrogens is 236 g/mol. The predicted molar refractivity (Wildman–Crippen MR) is 59.9 cm³/mol. The Labute approximate surface area is 104 Å². The number of rotatable bonds is 3. The second kappa shape index (κ2) is 4.68. The van der Waals surface area contributed by atoms with Gasteiger partial charge in [-0.2, -0.15) is 4.98 Å². The maximum atomic E-state index is 11.1. The van der Waals surface area contributed by atoms with Crippen LogP contribution in [0.5, 0.6) is 0 Å². The van der Waals surface area contributed by atoms with Gasteiger partial charge in [0.05, 0.1) is 11.8 Å². The molecule has 1 aromatic rings. The third kappa shape index (κ3) is 2.01. The number of nitrogens with zero attached hydrogens (tertiary/aromatic N) is 2. The molecule has 6 heteroatoms. The lowest BCUT2D eigenvalue weighted by Gasteiger charge is -2.10. The molecule has 1 saturated carbocycles. The van der Waals surface area contributed by atoms with Crippen molar-refractivity contribution in [3.05, 3.63) is 11.7 Å². The van der Waals surface area contributed by atoms with E-state index in [1.54, 1.807) is 0 Å². The molecule has 3 atom stereocenters. The van der Waals surface area contributed by atoms with E-state index in [1.165, 1.54) is 0 Å². The summed E-state index contributed by atoms with van der Waals surface area (Å²) in [6, 6.07) is 0. The van der Waals surface area contributed by atoms with Gasteiger partial charge in [-0.05, 0) is 25.7 Å². The van der Waals surface area contributed by atoms with Gasteiger partial charge in [0.25, 0.3) is 0 Å². The first kappa shape index (κ1) is 11.6. The third-order valence-corrected chi connectivity index (χ3v) is 3.83. The Hall–Kier alpha value is -1.43. The summed E-state index contributed by atoms with van der Waals surface area (Å²) >= 11 is 0. The lowest BCUT2D eigenvalue weighted by Crippen LogP contribution is -2.17. The second-order valence-electron chi connectivity index (χ2n) is 4.97. The molecule has 0 radical (unpaired) electrons. The summed E-state index contributed by atoms with van der Waals surface area (Å²) < 4.78 is 10.7. The van der Waals surface area contributed by atoms with Crippen LogP contribution in [0.15, 0.2) is 4.52 Å². The zero-order valence-electron chi connectivity index (χ0n) is 10.0. The number of hydrogen-bond donors (Lipinski definition) is 1. The number of hydrogen-bond acceptors (Lipinski definition) is 5. The van der Waals surface area contributed by atoms with Crippen molar-refractivity contribution in [3.63, 3.8) is 0 Å². The maximum absolute atomic E-state index is 11.1. The Morgan fingerprint density at radius 3 is 2.89 bits per heavy atom. The Bertz CT molecular complexity index is 439. The van der Waals surface area contributed by atoms with E-state index in [2.05, 4.69) is 10.1 Å². The summed E-state index contributed by atoms with van der Waals surface area (Å²) in [6.45, 7) is 0.732. The standard InChI is InChI=1S/C12H16N2O4/c15-12(16)8-4-1-3-7(8)11-13-10(14-18-11)9-5-2-6-17-9/h7-9H,1-6H2,(H,15,16). The van der Waals surface area contributed by atoms with Crippen LogP contribution >= 0.6 is 0 Å². The molecule has 0 amide bonds. The first-order valence-corrected chi connectivity index (χ1v) is 6.43. The van der Waals surface area contributed by atoms with E-state index in [0.29, 0.717) is 18.1 Å². The molecule has 3 unspecified atom stereocenters. The minimum Gasteiger partial charge on any atom is -0.481 e. The highest BCUT2D eigenvalue weighted by Crippen LogP contribution is 2.39. The topological polar surface area (TPSA) is 85.5 Å². The molecule has 1 aliphatic carbocycles. The van der Waals surface area contributed by atoms with E-state index in [0.717, 1.165) is 32.3 Å². The van der Waals surface area contributed by atoms with E-state index >= 15 is 0 Å². The number of aromatic nitrogens is 2. The molecule has 1 N–H and O–H groups in total. The molecule has 6 nitrogen and oxygen atoms in total. The summed E-state index contributed by atoms with van der Waals surface area (Å²) in [6.07, 6.45) is 4.25. The van der Waals surface area contributed by atoms with Crippen LogP contribution in [0.4, 0.5) is 0 Å². The molecule has 0 spiro atoms. The van der Waals surface area contributed by atoms with Gasteiger partial charge >= 0.3 is 5.97 Å². The molecule has 98 valence electrons. The minimum absolute atomic E-state index is 0.0767. The van der Waals surface area contributed by atoms with Crippen LogP contribution in [0, 0.1) is 5.92 Å². The monoisotopic (exact) mass is 252 g/mol. The largest absolute Gasteiger partial charge is 0.481 e. The molecule has 2 aliphatic rings. The highest BCUT2D eigenvalue weighted by Gasteiger charge is 2.38. The summed E-state index contributed by atoms with van der Waals surface area (Å²) in [5.74, 6) is -0.258. The summed E-state index contributed by atoms with van der Waals surface area (Å²) in [7, 11) is 0. The fourth-order valence-electron chi connectivity index (χ4n) is 2.86. The number of carbonyl (C=O) groups is 1. The van der Waals surface area contributed by atoms with Crippen molar-refractivity contribution in [3.8, 4) is 0 Å². The zero-order valence-corrected chi connectivity index (χ0v) is 10.0. The van der Waals surface area contributed by atoms with E-state index in [1.807, 2.05) is 0 Å². The van der Waals surface area contributed by atoms with E-state index < -0.39 is 5.97 Å². The van der Waals surface area contributed by atoms with Crippen molar-refractivity contribution in [2.24, 2.45) is 5.92 Å². The van der Waals surface area contributed by atoms with Gasteiger partial charge < -0.3 is 14.4 Å². The Morgan fingerprint density at radius 2 is 2.17 bits per heavy atom. The highest BCUT2D eigenvalue weighted by molar-refractivity contribution is 5.71. The Balaban J connectivity index is 1.78. The van der Waals surface area contributed by atoms with Crippen molar-refractivity contribution in [1.82, 2.24) is 10.1 Å². The average molecular weight is 252 g/mol. The van der Waals surface area contributed by atoms with Gasteiger partial charge in [0.15, 0.2) is 0 Å². The Kier molecular flexibility index (Phi) is 3.03. The van der Waals surface area contributed by atoms with Gasteiger partial charge in [0, 0.05) is 6.61 Å². The smallest absolute Gasteiger partial charge is 0.307 e. The predicted octanol–water partition coefficient (Wildman–Crippen LogP) is 1.89. The molecule has 1 saturated heterocycles. The summed E-state index contributed by atoms with van der Waals surface area (Å²) in [4.78, 5) is 15.5. The molecule has 0 aromatic carbocycles. The number of ether oxygens (including phenoxy) is 1. The van der Waals surface area contributed by atoms with Crippen LogP contribution in [-0.4, -0.2) is 27.8 Å². The normalized spacial score (nSPS) is 31.9. The number of carboxylic acid groups (broad SMARTS) is 1. The molecule has 0 bridgehead atoms. The van der Waals surface area contributed by atoms with Gasteiger partial charge in [-0.3, -0.25) is 4.79 Å². The van der Waals surface area contributed by atoms with Crippen LogP contribution in [0.25, 0.3) is 0 Å².